The standard InChI is InChI=1S/C31H20Cl2N2O2/c32-18-13-15-19(16-14-18)34-17-31-22-9-3-1-7-20(22)26(21-8-2-4-10-23(21)31)27-28(31)30(37)35(29(27)36)25-12-6-5-11-24(25)33/h1-17,26-28H/t26?,27-,28+,31?/m0/s1. The fourth-order valence-electron chi connectivity index (χ4n) is 6.62. The number of carbonyl (C=O) groups excluding carboxylic acids is 2. The van der Waals surface area contributed by atoms with Crippen molar-refractivity contribution in [3.8, 4) is 0 Å². The number of hydrogen-bond donors (Lipinski definition) is 0. The van der Waals surface area contributed by atoms with Gasteiger partial charge in [-0.2, -0.15) is 0 Å². The third kappa shape index (κ3) is 3.00. The molecule has 2 atom stereocenters. The van der Waals surface area contributed by atoms with Gasteiger partial charge in [-0.05, 0) is 58.7 Å². The lowest BCUT2D eigenvalue weighted by atomic mass is 9.47. The molecule has 180 valence electrons. The van der Waals surface area contributed by atoms with Crippen molar-refractivity contribution >= 4 is 52.6 Å². The van der Waals surface area contributed by atoms with Crippen LogP contribution in [0.5, 0.6) is 0 Å². The Bertz CT molecular complexity index is 1580. The summed E-state index contributed by atoms with van der Waals surface area (Å²) in [5.74, 6) is -1.92. The molecule has 4 aromatic carbocycles. The van der Waals surface area contributed by atoms with Crippen LogP contribution in [0.15, 0.2) is 102 Å². The molecule has 2 amide bonds. The Morgan fingerprint density at radius 3 is 1.97 bits per heavy atom. The van der Waals surface area contributed by atoms with Crippen molar-refractivity contribution in [2.24, 2.45) is 16.8 Å². The highest BCUT2D eigenvalue weighted by Crippen LogP contribution is 2.64. The van der Waals surface area contributed by atoms with E-state index in [2.05, 4.69) is 24.3 Å². The quantitative estimate of drug-likeness (QED) is 0.216. The second kappa shape index (κ2) is 8.14. The molecule has 8 rings (SSSR count). The molecule has 4 nitrogen and oxygen atoms in total. The largest absolute Gasteiger partial charge is 0.274 e. The average molecular weight is 523 g/mol. The Labute approximate surface area is 224 Å². The molecule has 0 radical (unpaired) electrons. The maximum atomic E-state index is 14.3. The molecule has 1 heterocycles. The van der Waals surface area contributed by atoms with E-state index in [1.807, 2.05) is 42.6 Å². The van der Waals surface area contributed by atoms with E-state index in [0.717, 1.165) is 27.9 Å². The van der Waals surface area contributed by atoms with Gasteiger partial charge in [-0.15, -0.1) is 0 Å². The molecule has 6 heteroatoms. The third-order valence-corrected chi connectivity index (χ3v) is 8.59. The second-order valence-corrected chi connectivity index (χ2v) is 10.6. The molecule has 1 aliphatic heterocycles. The van der Waals surface area contributed by atoms with Crippen LogP contribution in [0.3, 0.4) is 0 Å². The van der Waals surface area contributed by atoms with Gasteiger partial charge in [0.05, 0.1) is 33.6 Å². The molecule has 0 aromatic heterocycles. The van der Waals surface area contributed by atoms with Crippen molar-refractivity contribution < 1.29 is 9.59 Å². The Morgan fingerprint density at radius 2 is 1.32 bits per heavy atom. The van der Waals surface area contributed by atoms with Crippen LogP contribution < -0.4 is 4.90 Å². The molecule has 0 saturated carbocycles. The number of amides is 2. The first-order chi connectivity index (χ1) is 18.0. The van der Waals surface area contributed by atoms with E-state index in [1.54, 1.807) is 36.4 Å². The zero-order valence-corrected chi connectivity index (χ0v) is 21.0. The van der Waals surface area contributed by atoms with Gasteiger partial charge in [-0.3, -0.25) is 14.6 Å². The fourth-order valence-corrected chi connectivity index (χ4v) is 6.97. The number of carbonyl (C=O) groups is 2. The van der Waals surface area contributed by atoms with Crippen molar-refractivity contribution in [3.05, 3.63) is 129 Å². The summed E-state index contributed by atoms with van der Waals surface area (Å²) in [5, 5.41) is 0.993. The zero-order valence-electron chi connectivity index (χ0n) is 19.5. The average Bonchev–Trinajstić information content (AvgIpc) is 3.19. The topological polar surface area (TPSA) is 49.7 Å². The summed E-state index contributed by atoms with van der Waals surface area (Å²) in [6.45, 7) is 0. The number of halogens is 2. The molecule has 1 saturated heterocycles. The van der Waals surface area contributed by atoms with E-state index >= 15 is 0 Å². The highest BCUT2D eigenvalue weighted by atomic mass is 35.5. The Kier molecular flexibility index (Phi) is 4.94. The smallest absolute Gasteiger partial charge is 0.239 e. The Balaban J connectivity index is 1.51. The number of imide groups is 1. The number of para-hydroxylation sites is 1. The van der Waals surface area contributed by atoms with Crippen molar-refractivity contribution in [3.63, 3.8) is 0 Å². The van der Waals surface area contributed by atoms with Gasteiger partial charge in [0.1, 0.15) is 0 Å². The highest BCUT2D eigenvalue weighted by molar-refractivity contribution is 6.36. The fraction of sp³-hybridized carbons (Fsp3) is 0.129. The van der Waals surface area contributed by atoms with Crippen LogP contribution in [0.2, 0.25) is 10.0 Å². The lowest BCUT2D eigenvalue weighted by molar-refractivity contribution is -0.122. The first kappa shape index (κ1) is 22.5. The number of aliphatic imine (C=N–C) groups is 1. The van der Waals surface area contributed by atoms with E-state index < -0.39 is 17.3 Å². The van der Waals surface area contributed by atoms with Gasteiger partial charge in [0, 0.05) is 17.2 Å². The van der Waals surface area contributed by atoms with Crippen molar-refractivity contribution in [2.45, 2.75) is 11.3 Å². The van der Waals surface area contributed by atoms with Crippen LogP contribution in [0, 0.1) is 11.8 Å². The van der Waals surface area contributed by atoms with Gasteiger partial charge >= 0.3 is 0 Å². The van der Waals surface area contributed by atoms with Crippen LogP contribution >= 0.6 is 23.2 Å². The van der Waals surface area contributed by atoms with Crippen molar-refractivity contribution in [1.82, 2.24) is 0 Å². The molecule has 0 spiro atoms. The van der Waals surface area contributed by atoms with Gasteiger partial charge in [0.15, 0.2) is 0 Å². The van der Waals surface area contributed by atoms with Crippen LogP contribution in [-0.2, 0) is 15.0 Å². The molecule has 4 aliphatic rings. The molecule has 0 N–H and O–H groups in total. The number of rotatable bonds is 3. The van der Waals surface area contributed by atoms with Crippen LogP contribution in [0.1, 0.15) is 28.2 Å². The number of anilines is 1. The SMILES string of the molecule is O=C1[C@H]2C3c4ccccc4C(C=Nc4ccc(Cl)cc4)(c4ccccc43)[C@H]2C(=O)N1c1ccccc1Cl. The molecular weight excluding hydrogens is 503 g/mol. The molecule has 4 aromatic rings. The van der Waals surface area contributed by atoms with Gasteiger partial charge in [-0.1, -0.05) is 83.9 Å². The summed E-state index contributed by atoms with van der Waals surface area (Å²) in [4.78, 5) is 34.7. The Morgan fingerprint density at radius 1 is 0.730 bits per heavy atom. The molecule has 0 unspecified atom stereocenters. The second-order valence-electron chi connectivity index (χ2n) is 9.72. The Hall–Kier alpha value is -3.73. The van der Waals surface area contributed by atoms with Crippen LogP contribution in [0.25, 0.3) is 0 Å². The van der Waals surface area contributed by atoms with E-state index in [9.17, 15) is 9.59 Å². The van der Waals surface area contributed by atoms with Gasteiger partial charge < -0.3 is 0 Å². The minimum absolute atomic E-state index is 0.221. The lowest BCUT2D eigenvalue weighted by Crippen LogP contribution is -2.54. The first-order valence-electron chi connectivity index (χ1n) is 12.1. The van der Waals surface area contributed by atoms with Crippen LogP contribution in [0.4, 0.5) is 11.4 Å². The highest BCUT2D eigenvalue weighted by Gasteiger charge is 2.68. The number of benzene rings is 4. The monoisotopic (exact) mass is 522 g/mol. The molecule has 2 bridgehead atoms. The summed E-state index contributed by atoms with van der Waals surface area (Å²) in [5.41, 5.74) is 4.37. The zero-order chi connectivity index (χ0) is 25.3. The maximum Gasteiger partial charge on any atom is 0.239 e. The third-order valence-electron chi connectivity index (χ3n) is 8.02. The van der Waals surface area contributed by atoms with E-state index in [0.29, 0.717) is 15.7 Å². The molecule has 37 heavy (non-hydrogen) atoms. The molecule has 1 fully saturated rings. The first-order valence-corrected chi connectivity index (χ1v) is 12.9. The van der Waals surface area contributed by atoms with Gasteiger partial charge in [0.25, 0.3) is 0 Å². The summed E-state index contributed by atoms with van der Waals surface area (Å²) in [7, 11) is 0. The van der Waals surface area contributed by atoms with E-state index in [-0.39, 0.29) is 17.7 Å². The maximum absolute atomic E-state index is 14.3. The van der Waals surface area contributed by atoms with Crippen LogP contribution in [-0.4, -0.2) is 18.0 Å². The van der Waals surface area contributed by atoms with Crippen molar-refractivity contribution in [1.29, 1.82) is 0 Å². The number of hydrogen-bond acceptors (Lipinski definition) is 3. The van der Waals surface area contributed by atoms with Gasteiger partial charge in [-0.25, -0.2) is 4.90 Å². The van der Waals surface area contributed by atoms with E-state index in [1.165, 1.54) is 4.90 Å². The molecule has 3 aliphatic carbocycles. The number of nitrogens with zero attached hydrogens (tertiary/aromatic N) is 2. The molecular formula is C31H20Cl2N2O2. The summed E-state index contributed by atoms with van der Waals surface area (Å²) >= 11 is 12.6. The minimum Gasteiger partial charge on any atom is -0.274 e. The predicted octanol–water partition coefficient (Wildman–Crippen LogP) is 6.95. The summed E-state index contributed by atoms with van der Waals surface area (Å²) < 4.78 is 0. The van der Waals surface area contributed by atoms with Gasteiger partial charge in [0.2, 0.25) is 11.8 Å². The summed E-state index contributed by atoms with van der Waals surface area (Å²) in [6, 6.07) is 30.5. The minimum atomic E-state index is -0.922. The summed E-state index contributed by atoms with van der Waals surface area (Å²) in [6.07, 6.45) is 1.88. The normalized spacial score (nSPS) is 25.4. The lowest BCUT2D eigenvalue weighted by Gasteiger charge is -2.52. The predicted molar refractivity (Wildman–Crippen MR) is 146 cm³/mol. The van der Waals surface area contributed by atoms with E-state index in [4.69, 9.17) is 28.2 Å². The van der Waals surface area contributed by atoms with Crippen molar-refractivity contribution in [2.75, 3.05) is 4.90 Å².